The zero-order valence-corrected chi connectivity index (χ0v) is 6.22. The van der Waals surface area contributed by atoms with Crippen molar-refractivity contribution in [2.45, 2.75) is 19.8 Å². The molecule has 0 atom stereocenters. The maximum absolute atomic E-state index is 9.00. The third-order valence-electron chi connectivity index (χ3n) is 1.68. The molecule has 1 aliphatic rings. The Kier molecular flexibility index (Phi) is 1.95. The summed E-state index contributed by atoms with van der Waals surface area (Å²) in [5, 5.41) is 9.00. The van der Waals surface area contributed by atoms with E-state index in [0.717, 1.165) is 18.4 Å². The van der Waals surface area contributed by atoms with Gasteiger partial charge in [0.2, 0.25) is 0 Å². The number of aliphatic hydroxyl groups excluding tert-OH is 1. The van der Waals surface area contributed by atoms with Crippen molar-refractivity contribution in [1.29, 1.82) is 0 Å². The van der Waals surface area contributed by atoms with Gasteiger partial charge in [0.25, 0.3) is 0 Å². The van der Waals surface area contributed by atoms with E-state index in [4.69, 9.17) is 5.11 Å². The first-order valence-corrected chi connectivity index (χ1v) is 3.44. The highest BCUT2D eigenvalue weighted by Crippen LogP contribution is 2.20. The molecule has 0 aliphatic heterocycles. The van der Waals surface area contributed by atoms with Gasteiger partial charge in [-0.05, 0) is 25.0 Å². The molecular formula is C9H12O. The fraction of sp³-hybridized carbons (Fsp3) is 0.333. The van der Waals surface area contributed by atoms with Gasteiger partial charge in [-0.15, -0.1) is 0 Å². The first kappa shape index (κ1) is 7.13. The fourth-order valence-electron chi connectivity index (χ4n) is 0.982. The van der Waals surface area contributed by atoms with Crippen LogP contribution in [0, 0.1) is 0 Å². The van der Waals surface area contributed by atoms with Crippen LogP contribution in [0.3, 0.4) is 0 Å². The van der Waals surface area contributed by atoms with Crippen LogP contribution in [0.5, 0.6) is 0 Å². The Labute approximate surface area is 61.4 Å². The Balaban J connectivity index is 2.74. The number of hydrogen-bond donors (Lipinski definition) is 1. The van der Waals surface area contributed by atoms with E-state index in [9.17, 15) is 0 Å². The molecule has 0 fully saturated rings. The molecule has 0 saturated heterocycles. The van der Waals surface area contributed by atoms with Crippen molar-refractivity contribution in [3.63, 3.8) is 0 Å². The second kappa shape index (κ2) is 2.74. The molecule has 54 valence electrons. The Morgan fingerprint density at radius 2 is 2.20 bits per heavy atom. The lowest BCUT2D eigenvalue weighted by Crippen LogP contribution is -1.92. The summed E-state index contributed by atoms with van der Waals surface area (Å²) < 4.78 is 0. The van der Waals surface area contributed by atoms with Gasteiger partial charge in [-0.25, -0.2) is 0 Å². The summed E-state index contributed by atoms with van der Waals surface area (Å²) in [7, 11) is 0. The predicted octanol–water partition coefficient (Wildman–Crippen LogP) is 2.72. The summed E-state index contributed by atoms with van der Waals surface area (Å²) in [6, 6.07) is 0. The van der Waals surface area contributed by atoms with E-state index in [-0.39, 0.29) is 0 Å². The summed E-state index contributed by atoms with van der Waals surface area (Å²) >= 11 is 0. The summed E-state index contributed by atoms with van der Waals surface area (Å²) in [4.78, 5) is 0. The highest BCUT2D eigenvalue weighted by molar-refractivity contribution is 5.33. The third-order valence-corrected chi connectivity index (χ3v) is 1.68. The second-order valence-electron chi connectivity index (χ2n) is 2.63. The van der Waals surface area contributed by atoms with Crippen LogP contribution < -0.4 is 0 Å². The SMILES string of the molecule is C=C(C)C1=CC=C(O)CC1. The van der Waals surface area contributed by atoms with Crippen molar-refractivity contribution in [1.82, 2.24) is 0 Å². The number of allylic oxidation sites excluding steroid dienone is 5. The van der Waals surface area contributed by atoms with Gasteiger partial charge in [-0.1, -0.05) is 18.2 Å². The zero-order chi connectivity index (χ0) is 7.56. The molecule has 0 spiro atoms. The van der Waals surface area contributed by atoms with Crippen LogP contribution >= 0.6 is 0 Å². The normalized spacial score (nSPS) is 17.7. The third kappa shape index (κ3) is 1.50. The molecule has 1 heteroatoms. The molecule has 0 amide bonds. The summed E-state index contributed by atoms with van der Waals surface area (Å²) in [5.74, 6) is 0.477. The summed E-state index contributed by atoms with van der Waals surface area (Å²) in [6.07, 6.45) is 5.37. The van der Waals surface area contributed by atoms with E-state index in [2.05, 4.69) is 6.58 Å². The molecule has 0 aromatic rings. The summed E-state index contributed by atoms with van der Waals surface area (Å²) in [6.45, 7) is 5.81. The number of rotatable bonds is 1. The molecule has 0 unspecified atom stereocenters. The molecule has 1 aliphatic carbocycles. The molecular weight excluding hydrogens is 124 g/mol. The standard InChI is InChI=1S/C9H12O/c1-7(2)8-3-5-9(10)6-4-8/h3,5,10H,1,4,6H2,2H3. The van der Waals surface area contributed by atoms with E-state index in [1.165, 1.54) is 5.57 Å². The lowest BCUT2D eigenvalue weighted by molar-refractivity contribution is 0.386. The van der Waals surface area contributed by atoms with E-state index >= 15 is 0 Å². The average Bonchev–Trinajstić information content (AvgIpc) is 1.88. The largest absolute Gasteiger partial charge is 0.512 e. The maximum atomic E-state index is 9.00. The van der Waals surface area contributed by atoms with Crippen molar-refractivity contribution in [2.24, 2.45) is 0 Å². The van der Waals surface area contributed by atoms with Crippen molar-refractivity contribution >= 4 is 0 Å². The van der Waals surface area contributed by atoms with Crippen LogP contribution in [0.4, 0.5) is 0 Å². The van der Waals surface area contributed by atoms with Gasteiger partial charge < -0.3 is 5.11 Å². The lowest BCUT2D eigenvalue weighted by atomic mass is 9.99. The van der Waals surface area contributed by atoms with Crippen molar-refractivity contribution in [2.75, 3.05) is 0 Å². The van der Waals surface area contributed by atoms with Crippen LogP contribution in [0.1, 0.15) is 19.8 Å². The van der Waals surface area contributed by atoms with Gasteiger partial charge in [-0.2, -0.15) is 0 Å². The fourth-order valence-corrected chi connectivity index (χ4v) is 0.982. The van der Waals surface area contributed by atoms with Crippen LogP contribution in [0.15, 0.2) is 35.6 Å². The Morgan fingerprint density at radius 1 is 1.50 bits per heavy atom. The molecule has 0 aromatic carbocycles. The molecule has 0 bridgehead atoms. The molecule has 1 rings (SSSR count). The zero-order valence-electron chi connectivity index (χ0n) is 6.22. The van der Waals surface area contributed by atoms with Gasteiger partial charge >= 0.3 is 0 Å². The van der Waals surface area contributed by atoms with E-state index in [1.807, 2.05) is 13.0 Å². The van der Waals surface area contributed by atoms with Crippen LogP contribution in [-0.2, 0) is 0 Å². The number of aliphatic hydroxyl groups is 1. The number of hydrogen-bond acceptors (Lipinski definition) is 1. The monoisotopic (exact) mass is 136 g/mol. The van der Waals surface area contributed by atoms with Gasteiger partial charge in [-0.3, -0.25) is 0 Å². The topological polar surface area (TPSA) is 20.2 Å². The average molecular weight is 136 g/mol. The van der Waals surface area contributed by atoms with Crippen LogP contribution in [-0.4, -0.2) is 5.11 Å². The van der Waals surface area contributed by atoms with Crippen molar-refractivity contribution in [3.8, 4) is 0 Å². The van der Waals surface area contributed by atoms with Gasteiger partial charge in [0.15, 0.2) is 0 Å². The van der Waals surface area contributed by atoms with Crippen molar-refractivity contribution < 1.29 is 5.11 Å². The molecule has 0 radical (unpaired) electrons. The minimum absolute atomic E-state index is 0.477. The molecule has 0 aromatic heterocycles. The second-order valence-corrected chi connectivity index (χ2v) is 2.63. The van der Waals surface area contributed by atoms with Crippen LogP contribution in [0.25, 0.3) is 0 Å². The van der Waals surface area contributed by atoms with E-state index in [0.29, 0.717) is 5.76 Å². The van der Waals surface area contributed by atoms with Gasteiger partial charge in [0.05, 0.1) is 5.76 Å². The Bertz CT molecular complexity index is 209. The minimum atomic E-state index is 0.477. The molecule has 0 saturated carbocycles. The first-order valence-electron chi connectivity index (χ1n) is 3.44. The molecule has 0 heterocycles. The Hall–Kier alpha value is -0.980. The quantitative estimate of drug-likeness (QED) is 0.587. The first-order chi connectivity index (χ1) is 4.70. The molecule has 1 nitrogen and oxygen atoms in total. The molecule has 10 heavy (non-hydrogen) atoms. The van der Waals surface area contributed by atoms with Gasteiger partial charge in [0.1, 0.15) is 0 Å². The van der Waals surface area contributed by atoms with E-state index < -0.39 is 0 Å². The molecule has 1 N–H and O–H groups in total. The Morgan fingerprint density at radius 3 is 2.60 bits per heavy atom. The highest BCUT2D eigenvalue weighted by Gasteiger charge is 2.03. The lowest BCUT2D eigenvalue weighted by Gasteiger charge is -2.09. The highest BCUT2D eigenvalue weighted by atomic mass is 16.3. The van der Waals surface area contributed by atoms with E-state index in [1.54, 1.807) is 6.08 Å². The van der Waals surface area contributed by atoms with Gasteiger partial charge in [0, 0.05) is 6.42 Å². The predicted molar refractivity (Wildman–Crippen MR) is 42.8 cm³/mol. The smallest absolute Gasteiger partial charge is 0.0926 e. The minimum Gasteiger partial charge on any atom is -0.512 e. The maximum Gasteiger partial charge on any atom is 0.0926 e. The summed E-state index contributed by atoms with van der Waals surface area (Å²) in [5.41, 5.74) is 2.35. The van der Waals surface area contributed by atoms with Crippen molar-refractivity contribution in [3.05, 3.63) is 35.6 Å². The van der Waals surface area contributed by atoms with Crippen LogP contribution in [0.2, 0.25) is 0 Å².